The van der Waals surface area contributed by atoms with Crippen LogP contribution in [0.1, 0.15) is 35.3 Å². The normalized spacial score (nSPS) is 20.7. The van der Waals surface area contributed by atoms with Crippen molar-refractivity contribution in [1.82, 2.24) is 4.90 Å². The molecule has 2 atom stereocenters. The maximum atomic E-state index is 13.8. The van der Waals surface area contributed by atoms with Crippen LogP contribution in [-0.4, -0.2) is 33.7 Å². The molecule has 0 N–H and O–H groups in total. The number of nitro groups is 1. The Morgan fingerprint density at radius 1 is 1.20 bits per heavy atom. The first kappa shape index (κ1) is 22.7. The lowest BCUT2D eigenvalue weighted by Crippen LogP contribution is -2.67. The number of rotatable bonds is 4. The fourth-order valence-corrected chi connectivity index (χ4v) is 5.21. The molecule has 1 amide bonds. The number of fused-ring (bicyclic) bond motifs is 4. The summed E-state index contributed by atoms with van der Waals surface area (Å²) in [6.45, 7) is 1.85. The molecule has 0 radical (unpaired) electrons. The van der Waals surface area contributed by atoms with E-state index in [9.17, 15) is 19.3 Å². The van der Waals surface area contributed by atoms with Crippen molar-refractivity contribution in [3.05, 3.63) is 93.8 Å². The molecule has 0 spiro atoms. The van der Waals surface area contributed by atoms with Gasteiger partial charge >= 0.3 is 0 Å². The van der Waals surface area contributed by atoms with Crippen molar-refractivity contribution in [1.29, 1.82) is 0 Å². The molecule has 1 fully saturated rings. The fourth-order valence-electron chi connectivity index (χ4n) is 4.70. The molecule has 0 aliphatic carbocycles. The molecule has 10 heteroatoms. The molecule has 2 aliphatic heterocycles. The van der Waals surface area contributed by atoms with Gasteiger partial charge in [0.15, 0.2) is 22.3 Å². The van der Waals surface area contributed by atoms with Crippen LogP contribution in [0.25, 0.3) is 0 Å². The molecule has 2 bridgehead atoms. The Bertz CT molecular complexity index is 1370. The van der Waals surface area contributed by atoms with E-state index in [-0.39, 0.29) is 16.4 Å². The number of carbonyl (C=O) groups excluding carboxylic acids is 1. The van der Waals surface area contributed by atoms with Crippen LogP contribution in [0.15, 0.2) is 66.7 Å². The van der Waals surface area contributed by atoms with Crippen molar-refractivity contribution < 1.29 is 23.6 Å². The number of hydrogen-bond acceptors (Lipinski definition) is 6. The number of halogens is 1. The summed E-state index contributed by atoms with van der Waals surface area (Å²) in [6.07, 6.45) is 0.339. The number of thiocarbonyl (C=S) groups is 1. The number of anilines is 1. The monoisotopic (exact) mass is 493 g/mol. The van der Waals surface area contributed by atoms with E-state index in [1.807, 2.05) is 13.0 Å². The second-order valence-electron chi connectivity index (χ2n) is 8.45. The maximum Gasteiger partial charge on any atom is 0.270 e. The predicted octanol–water partition coefficient (Wildman–Crippen LogP) is 5.23. The van der Waals surface area contributed by atoms with E-state index >= 15 is 0 Å². The fraction of sp³-hybridized carbons (Fsp3) is 0.200. The predicted molar refractivity (Wildman–Crippen MR) is 130 cm³/mol. The molecule has 0 saturated carbocycles. The molecule has 2 heterocycles. The number of ether oxygens (including phenoxy) is 2. The Labute approximate surface area is 205 Å². The summed E-state index contributed by atoms with van der Waals surface area (Å²) in [6, 6.07) is 16.1. The van der Waals surface area contributed by atoms with Crippen molar-refractivity contribution in [2.24, 2.45) is 0 Å². The molecule has 2 aliphatic rings. The number of hydrogen-bond donors (Lipinski definition) is 0. The quantitative estimate of drug-likeness (QED) is 0.280. The van der Waals surface area contributed by atoms with Crippen LogP contribution in [0.5, 0.6) is 11.5 Å². The second-order valence-corrected chi connectivity index (χ2v) is 8.82. The van der Waals surface area contributed by atoms with Crippen molar-refractivity contribution in [3.8, 4) is 11.5 Å². The number of amides is 1. The minimum absolute atomic E-state index is 0.125. The molecule has 35 heavy (non-hydrogen) atoms. The summed E-state index contributed by atoms with van der Waals surface area (Å²) in [4.78, 5) is 27.7. The first-order valence-corrected chi connectivity index (χ1v) is 11.2. The second kappa shape index (κ2) is 8.31. The van der Waals surface area contributed by atoms with Gasteiger partial charge in [-0.1, -0.05) is 18.2 Å². The first-order valence-electron chi connectivity index (χ1n) is 10.8. The molecule has 3 aromatic carbocycles. The molecule has 0 aromatic heterocycles. The topological polar surface area (TPSA) is 85.1 Å². The zero-order valence-electron chi connectivity index (χ0n) is 18.8. The van der Waals surface area contributed by atoms with Crippen molar-refractivity contribution in [3.63, 3.8) is 0 Å². The lowest BCUT2D eigenvalue weighted by Gasteiger charge is -2.55. The van der Waals surface area contributed by atoms with E-state index in [0.717, 1.165) is 0 Å². The number of nitrogens with zero attached hydrogens (tertiary/aromatic N) is 3. The summed E-state index contributed by atoms with van der Waals surface area (Å²) < 4.78 is 25.7. The minimum Gasteiger partial charge on any atom is -0.493 e. The molecular weight excluding hydrogens is 473 g/mol. The Morgan fingerprint density at radius 3 is 2.60 bits per heavy atom. The van der Waals surface area contributed by atoms with E-state index in [1.54, 1.807) is 29.2 Å². The van der Waals surface area contributed by atoms with Gasteiger partial charge in [0.1, 0.15) is 5.82 Å². The van der Waals surface area contributed by atoms with Crippen LogP contribution in [-0.2, 0) is 0 Å². The number of carbonyl (C=O) groups is 1. The summed E-state index contributed by atoms with van der Waals surface area (Å²) >= 11 is 5.83. The Morgan fingerprint density at radius 2 is 1.91 bits per heavy atom. The summed E-state index contributed by atoms with van der Waals surface area (Å²) in [5.74, 6) is 0.0580. The van der Waals surface area contributed by atoms with Gasteiger partial charge in [-0.2, -0.15) is 0 Å². The number of nitro benzene ring substituents is 1. The van der Waals surface area contributed by atoms with Gasteiger partial charge < -0.3 is 9.47 Å². The molecule has 2 unspecified atom stereocenters. The van der Waals surface area contributed by atoms with Crippen molar-refractivity contribution >= 4 is 34.6 Å². The highest BCUT2D eigenvalue weighted by Gasteiger charge is 2.54. The van der Waals surface area contributed by atoms with Crippen LogP contribution in [0.3, 0.4) is 0 Å². The van der Waals surface area contributed by atoms with E-state index in [0.29, 0.717) is 29.2 Å². The van der Waals surface area contributed by atoms with Gasteiger partial charge in [0.25, 0.3) is 11.6 Å². The van der Waals surface area contributed by atoms with Crippen LogP contribution >= 0.6 is 12.2 Å². The van der Waals surface area contributed by atoms with Crippen LogP contribution < -0.4 is 14.4 Å². The molecule has 5 rings (SSSR count). The third-order valence-electron chi connectivity index (χ3n) is 6.27. The highest BCUT2D eigenvalue weighted by Crippen LogP contribution is 2.52. The summed E-state index contributed by atoms with van der Waals surface area (Å²) in [7, 11) is 1.53. The van der Waals surface area contributed by atoms with E-state index < -0.39 is 28.4 Å². The lowest BCUT2D eigenvalue weighted by molar-refractivity contribution is -0.384. The first-order chi connectivity index (χ1) is 16.7. The molecule has 8 nitrogen and oxygen atoms in total. The van der Waals surface area contributed by atoms with Crippen LogP contribution in [0, 0.1) is 15.9 Å². The zero-order chi connectivity index (χ0) is 24.9. The number of methoxy groups -OCH3 is 1. The van der Waals surface area contributed by atoms with Gasteiger partial charge in [0, 0.05) is 35.4 Å². The van der Waals surface area contributed by atoms with Crippen LogP contribution in [0.2, 0.25) is 0 Å². The third-order valence-corrected chi connectivity index (χ3v) is 6.65. The van der Waals surface area contributed by atoms with Gasteiger partial charge in [0.2, 0.25) is 0 Å². The Balaban J connectivity index is 1.69. The standard InChI is InChI=1S/C25H20FN3O5S/c1-25-14-20(19-7-4-8-21(33-2)22(19)34-25)27(23(30)15-5-3-6-18(13-15)29(31)32)24(35)28(25)17-11-9-16(26)10-12-17/h3-13,20H,14H2,1-2H3. The molecule has 1 saturated heterocycles. The maximum absolute atomic E-state index is 13.8. The zero-order valence-corrected chi connectivity index (χ0v) is 19.6. The molecular formula is C25H20FN3O5S. The Kier molecular flexibility index (Phi) is 5.40. The van der Waals surface area contributed by atoms with E-state index in [4.69, 9.17) is 21.7 Å². The van der Waals surface area contributed by atoms with Gasteiger partial charge in [-0.25, -0.2) is 4.39 Å². The van der Waals surface area contributed by atoms with Gasteiger partial charge in [-0.15, -0.1) is 0 Å². The average Bonchev–Trinajstić information content (AvgIpc) is 2.84. The largest absolute Gasteiger partial charge is 0.493 e. The van der Waals surface area contributed by atoms with Gasteiger partial charge in [-0.3, -0.25) is 24.7 Å². The number of benzene rings is 3. The van der Waals surface area contributed by atoms with E-state index in [2.05, 4.69) is 0 Å². The number of para-hydroxylation sites is 1. The molecule has 178 valence electrons. The van der Waals surface area contributed by atoms with E-state index in [1.165, 1.54) is 48.4 Å². The Hall–Kier alpha value is -4.05. The summed E-state index contributed by atoms with van der Waals surface area (Å²) in [5.41, 5.74) is 0.156. The highest BCUT2D eigenvalue weighted by molar-refractivity contribution is 7.80. The average molecular weight is 494 g/mol. The lowest BCUT2D eigenvalue weighted by atomic mass is 9.88. The van der Waals surface area contributed by atoms with Crippen LogP contribution in [0.4, 0.5) is 15.8 Å². The highest BCUT2D eigenvalue weighted by atomic mass is 32.1. The third kappa shape index (κ3) is 3.66. The van der Waals surface area contributed by atoms with Crippen molar-refractivity contribution in [2.45, 2.75) is 25.1 Å². The number of non-ortho nitro benzene ring substituents is 1. The minimum atomic E-state index is -1.01. The van der Waals surface area contributed by atoms with Crippen molar-refractivity contribution in [2.75, 3.05) is 12.0 Å². The van der Waals surface area contributed by atoms with Gasteiger partial charge in [-0.05, 0) is 55.5 Å². The summed E-state index contributed by atoms with van der Waals surface area (Å²) in [5, 5.41) is 11.5. The smallest absolute Gasteiger partial charge is 0.270 e. The molecule has 3 aromatic rings. The SMILES string of the molecule is COc1cccc2c1OC1(C)CC2N(C(=O)c2cccc([N+](=O)[O-])c2)C(=S)N1c1ccc(F)cc1. The van der Waals surface area contributed by atoms with Gasteiger partial charge in [0.05, 0.1) is 18.1 Å².